The van der Waals surface area contributed by atoms with Gasteiger partial charge in [-0.25, -0.2) is 0 Å². The molecule has 0 N–H and O–H groups in total. The van der Waals surface area contributed by atoms with Crippen LogP contribution >= 0.6 is 0 Å². The molecule has 3 aliphatic rings. The van der Waals surface area contributed by atoms with E-state index in [1.807, 2.05) is 0 Å². The minimum Gasteiger partial charge on any atom is -0.310 e. The van der Waals surface area contributed by atoms with Crippen LogP contribution in [-0.2, 0) is 11.8 Å². The molecule has 0 bridgehead atoms. The van der Waals surface area contributed by atoms with Crippen molar-refractivity contribution in [2.45, 2.75) is 44.9 Å². The van der Waals surface area contributed by atoms with E-state index in [9.17, 15) is 0 Å². The number of nitrogens with zero attached hydrogens (tertiary/aromatic N) is 2. The number of benzene rings is 4. The molecule has 2 heteroatoms. The van der Waals surface area contributed by atoms with Crippen molar-refractivity contribution >= 4 is 40.0 Å². The summed E-state index contributed by atoms with van der Waals surface area (Å²) in [7, 11) is 0. The first-order valence-electron chi connectivity index (χ1n) is 15.7. The van der Waals surface area contributed by atoms with Crippen molar-refractivity contribution in [2.75, 3.05) is 0 Å². The fourth-order valence-corrected chi connectivity index (χ4v) is 7.95. The number of para-hydroxylation sites is 2. The molecule has 0 atom stereocenters. The number of rotatable bonds is 2. The van der Waals surface area contributed by atoms with Crippen molar-refractivity contribution < 1.29 is 0 Å². The summed E-state index contributed by atoms with van der Waals surface area (Å²) >= 11 is 0. The highest BCUT2D eigenvalue weighted by Gasteiger charge is 2.36. The van der Waals surface area contributed by atoms with Crippen LogP contribution in [-0.4, -0.2) is 9.13 Å². The van der Waals surface area contributed by atoms with Crippen LogP contribution in [0.15, 0.2) is 103 Å². The predicted molar refractivity (Wildman–Crippen MR) is 182 cm³/mol. The molecule has 0 aliphatic heterocycles. The van der Waals surface area contributed by atoms with Gasteiger partial charge in [-0.1, -0.05) is 86.7 Å². The lowest BCUT2D eigenvalue weighted by Crippen LogP contribution is -2.16. The first kappa shape index (κ1) is 24.7. The Morgan fingerprint density at radius 2 is 1.12 bits per heavy atom. The zero-order chi connectivity index (χ0) is 28.7. The topological polar surface area (TPSA) is 9.86 Å². The molecule has 208 valence electrons. The van der Waals surface area contributed by atoms with Crippen LogP contribution < -0.4 is 0 Å². The molecular formula is C41H34N2. The molecule has 0 amide bonds. The van der Waals surface area contributed by atoms with Gasteiger partial charge in [0, 0.05) is 38.8 Å². The minimum absolute atomic E-state index is 0.122. The molecule has 0 saturated heterocycles. The second-order valence-corrected chi connectivity index (χ2v) is 12.8. The Labute approximate surface area is 252 Å². The number of allylic oxidation sites excluding steroid dienone is 3. The Morgan fingerprint density at radius 1 is 0.558 bits per heavy atom. The van der Waals surface area contributed by atoms with E-state index in [1.54, 1.807) is 0 Å². The van der Waals surface area contributed by atoms with E-state index >= 15 is 0 Å². The minimum atomic E-state index is -0.122. The predicted octanol–water partition coefficient (Wildman–Crippen LogP) is 10.7. The largest absolute Gasteiger partial charge is 0.310 e. The van der Waals surface area contributed by atoms with E-state index in [0.717, 1.165) is 25.7 Å². The fourth-order valence-electron chi connectivity index (χ4n) is 7.95. The van der Waals surface area contributed by atoms with Crippen LogP contribution in [0.5, 0.6) is 0 Å². The summed E-state index contributed by atoms with van der Waals surface area (Å²) in [6.07, 6.45) is 18.5. The van der Waals surface area contributed by atoms with Gasteiger partial charge in [0.25, 0.3) is 0 Å². The molecule has 43 heavy (non-hydrogen) atoms. The van der Waals surface area contributed by atoms with Crippen molar-refractivity contribution in [2.24, 2.45) is 0 Å². The average molecular weight is 555 g/mol. The smallest absolute Gasteiger partial charge is 0.0541 e. The van der Waals surface area contributed by atoms with Gasteiger partial charge in [-0.05, 0) is 102 Å². The van der Waals surface area contributed by atoms with Crippen LogP contribution in [0, 0.1) is 0 Å². The Morgan fingerprint density at radius 3 is 1.79 bits per heavy atom. The van der Waals surface area contributed by atoms with Gasteiger partial charge in [0.1, 0.15) is 0 Å². The molecule has 2 nitrogen and oxygen atoms in total. The summed E-state index contributed by atoms with van der Waals surface area (Å²) in [6, 6.07) is 31.8. The van der Waals surface area contributed by atoms with E-state index in [0.29, 0.717) is 0 Å². The van der Waals surface area contributed by atoms with Gasteiger partial charge in [0.2, 0.25) is 0 Å². The maximum absolute atomic E-state index is 2.51. The normalized spacial score (nSPS) is 17.6. The molecule has 0 spiro atoms. The average Bonchev–Trinajstić information content (AvgIpc) is 3.60. The lowest BCUT2D eigenvalue weighted by molar-refractivity contribution is 0.659. The molecule has 0 unspecified atom stereocenters. The molecule has 0 saturated carbocycles. The van der Waals surface area contributed by atoms with Gasteiger partial charge >= 0.3 is 0 Å². The third-order valence-corrected chi connectivity index (χ3v) is 10.0. The van der Waals surface area contributed by atoms with Gasteiger partial charge < -0.3 is 9.13 Å². The summed E-state index contributed by atoms with van der Waals surface area (Å²) in [5.74, 6) is 0. The molecule has 2 heterocycles. The Bertz CT molecular complexity index is 2160. The second-order valence-electron chi connectivity index (χ2n) is 12.8. The molecule has 6 aromatic rings. The van der Waals surface area contributed by atoms with Crippen molar-refractivity contribution in [3.8, 4) is 22.5 Å². The Kier molecular flexibility index (Phi) is 5.23. The van der Waals surface area contributed by atoms with E-state index in [4.69, 9.17) is 0 Å². The second kappa shape index (κ2) is 9.09. The summed E-state index contributed by atoms with van der Waals surface area (Å²) in [4.78, 5) is 0. The Hall–Kier alpha value is -4.82. The number of hydrogen-bond donors (Lipinski definition) is 0. The fraction of sp³-hybridized carbons (Fsp3) is 0.171. The monoisotopic (exact) mass is 554 g/mol. The van der Waals surface area contributed by atoms with Crippen LogP contribution in [0.1, 0.15) is 66.8 Å². The van der Waals surface area contributed by atoms with E-state index < -0.39 is 0 Å². The Balaban J connectivity index is 1.22. The summed E-state index contributed by atoms with van der Waals surface area (Å²) in [6.45, 7) is 4.80. The maximum atomic E-state index is 2.51. The third-order valence-electron chi connectivity index (χ3n) is 10.0. The van der Waals surface area contributed by atoms with Crippen molar-refractivity contribution in [3.63, 3.8) is 0 Å². The summed E-state index contributed by atoms with van der Waals surface area (Å²) in [5.41, 5.74) is 15.9. The maximum Gasteiger partial charge on any atom is 0.0541 e. The van der Waals surface area contributed by atoms with Gasteiger partial charge in [-0.2, -0.15) is 0 Å². The first-order chi connectivity index (χ1) is 21.1. The lowest BCUT2D eigenvalue weighted by Gasteiger charge is -2.23. The van der Waals surface area contributed by atoms with Gasteiger partial charge in [0.15, 0.2) is 0 Å². The number of hydrogen-bond acceptors (Lipinski definition) is 0. The lowest BCUT2D eigenvalue weighted by atomic mass is 9.82. The zero-order valence-corrected chi connectivity index (χ0v) is 24.8. The number of fused-ring (bicyclic) bond motifs is 9. The van der Waals surface area contributed by atoms with Crippen molar-refractivity contribution in [1.82, 2.24) is 9.13 Å². The standard InChI is InChI=1S/C41H34N2/c1-41(2)35-25-27(42-37-17-6-4-3-5-13-31(37)32-14-7-10-18-38(32)42)21-23-29(35)30-24-22-28(26-36(30)41)43-39-19-11-8-15-33(39)34-16-9-12-20-40(34)43/h5-6,8-13,15-26H,3-4,7,14H2,1-2H3/b13-5-,17-6-. The molecule has 4 aromatic carbocycles. The van der Waals surface area contributed by atoms with E-state index in [2.05, 4.69) is 144 Å². The van der Waals surface area contributed by atoms with E-state index in [1.165, 1.54) is 77.9 Å². The summed E-state index contributed by atoms with van der Waals surface area (Å²) < 4.78 is 4.95. The first-order valence-corrected chi connectivity index (χ1v) is 15.7. The highest BCUT2D eigenvalue weighted by Crippen LogP contribution is 2.50. The van der Waals surface area contributed by atoms with Gasteiger partial charge in [0.05, 0.1) is 16.7 Å². The van der Waals surface area contributed by atoms with Crippen LogP contribution in [0.4, 0.5) is 0 Å². The highest BCUT2D eigenvalue weighted by atomic mass is 15.0. The number of aromatic nitrogens is 2. The summed E-state index contributed by atoms with van der Waals surface area (Å²) in [5, 5.41) is 2.60. The van der Waals surface area contributed by atoms with Crippen LogP contribution in [0.2, 0.25) is 0 Å². The van der Waals surface area contributed by atoms with Gasteiger partial charge in [-0.15, -0.1) is 0 Å². The van der Waals surface area contributed by atoms with Crippen LogP contribution in [0.25, 0.3) is 62.5 Å². The molecule has 0 radical (unpaired) electrons. The molecule has 9 rings (SSSR count). The van der Waals surface area contributed by atoms with Gasteiger partial charge in [-0.3, -0.25) is 0 Å². The van der Waals surface area contributed by atoms with Crippen LogP contribution in [0.3, 0.4) is 0 Å². The molecular weight excluding hydrogens is 520 g/mol. The van der Waals surface area contributed by atoms with Crippen molar-refractivity contribution in [1.29, 1.82) is 0 Å². The highest BCUT2D eigenvalue weighted by molar-refractivity contribution is 6.09. The molecule has 2 aromatic heterocycles. The quantitative estimate of drug-likeness (QED) is 0.201. The third kappa shape index (κ3) is 3.47. The molecule has 3 aliphatic carbocycles. The zero-order valence-electron chi connectivity index (χ0n) is 24.8. The van der Waals surface area contributed by atoms with E-state index in [-0.39, 0.29) is 5.41 Å². The molecule has 0 fully saturated rings. The SMILES string of the molecule is CC1(C)c2cc(-n3c4c(c5c3/C=C\CC/C=C\5)CCC=C4)ccc2-c2ccc(-n3c4ccccc4c4ccccc43)cc21. The van der Waals surface area contributed by atoms with Crippen molar-refractivity contribution in [3.05, 3.63) is 137 Å².